The molecule has 6 heteroatoms. The van der Waals surface area contributed by atoms with E-state index in [-0.39, 0.29) is 18.4 Å². The van der Waals surface area contributed by atoms with Crippen LogP contribution < -0.4 is 10.1 Å². The highest BCUT2D eigenvalue weighted by molar-refractivity contribution is 5.90. The van der Waals surface area contributed by atoms with Crippen molar-refractivity contribution in [2.75, 3.05) is 5.32 Å². The summed E-state index contributed by atoms with van der Waals surface area (Å²) in [6, 6.07) is 16.8. The van der Waals surface area contributed by atoms with E-state index in [0.717, 1.165) is 17.0 Å². The first-order chi connectivity index (χ1) is 12.6. The first-order valence-corrected chi connectivity index (χ1v) is 8.54. The topological polar surface area (TPSA) is 77.2 Å². The van der Waals surface area contributed by atoms with Gasteiger partial charge in [-0.25, -0.2) is 0 Å². The van der Waals surface area contributed by atoms with E-state index < -0.39 is 0 Å². The molecule has 6 nitrogen and oxygen atoms in total. The molecule has 0 radical (unpaired) electrons. The normalized spacial score (nSPS) is 10.7. The Bertz CT molecular complexity index is 842. The third kappa shape index (κ3) is 4.92. The summed E-state index contributed by atoms with van der Waals surface area (Å²) in [4.78, 5) is 12.1. The zero-order valence-electron chi connectivity index (χ0n) is 14.8. The first-order valence-electron chi connectivity index (χ1n) is 8.54. The molecule has 0 aliphatic carbocycles. The summed E-state index contributed by atoms with van der Waals surface area (Å²) in [7, 11) is 0. The van der Waals surface area contributed by atoms with E-state index >= 15 is 0 Å². The van der Waals surface area contributed by atoms with Gasteiger partial charge in [-0.15, -0.1) is 10.2 Å². The van der Waals surface area contributed by atoms with Crippen molar-refractivity contribution in [3.8, 4) is 17.2 Å². The smallest absolute Gasteiger partial charge is 0.247 e. The van der Waals surface area contributed by atoms with Gasteiger partial charge in [0.25, 0.3) is 0 Å². The van der Waals surface area contributed by atoms with Gasteiger partial charge in [-0.3, -0.25) is 4.79 Å². The molecule has 134 valence electrons. The Labute approximate surface area is 152 Å². The van der Waals surface area contributed by atoms with Crippen molar-refractivity contribution in [2.24, 2.45) is 0 Å². The summed E-state index contributed by atoms with van der Waals surface area (Å²) in [5, 5.41) is 10.9. The van der Waals surface area contributed by atoms with Crippen LogP contribution in [0.25, 0.3) is 11.5 Å². The summed E-state index contributed by atoms with van der Waals surface area (Å²) in [5.74, 6) is 1.57. The number of amides is 1. The van der Waals surface area contributed by atoms with Gasteiger partial charge in [-0.2, -0.15) is 0 Å². The molecule has 2 aromatic carbocycles. The molecule has 0 fully saturated rings. The Morgan fingerprint density at radius 2 is 1.81 bits per heavy atom. The molecule has 3 aromatic rings. The van der Waals surface area contributed by atoms with Crippen LogP contribution in [0.15, 0.2) is 59.0 Å². The largest absolute Gasteiger partial charge is 0.491 e. The number of ether oxygens (including phenoxy) is 1. The van der Waals surface area contributed by atoms with Gasteiger partial charge in [0, 0.05) is 24.1 Å². The molecule has 1 N–H and O–H groups in total. The van der Waals surface area contributed by atoms with E-state index in [1.54, 1.807) is 0 Å². The Morgan fingerprint density at radius 3 is 2.50 bits per heavy atom. The van der Waals surface area contributed by atoms with Crippen molar-refractivity contribution in [1.29, 1.82) is 0 Å². The maximum absolute atomic E-state index is 12.1. The molecule has 0 saturated carbocycles. The monoisotopic (exact) mass is 351 g/mol. The standard InChI is InChI=1S/C20H21N3O3/c1-14(2)25-17-10-8-16(9-11-17)21-18(24)12-13-19-22-23-20(26-19)15-6-4-3-5-7-15/h3-11,14H,12-13H2,1-2H3,(H,21,24). The van der Waals surface area contributed by atoms with Crippen LogP contribution in [0.5, 0.6) is 5.75 Å². The molecule has 0 saturated heterocycles. The van der Waals surface area contributed by atoms with E-state index in [0.29, 0.717) is 18.2 Å². The number of nitrogens with zero attached hydrogens (tertiary/aromatic N) is 2. The lowest BCUT2D eigenvalue weighted by Crippen LogP contribution is -2.12. The van der Waals surface area contributed by atoms with Crippen molar-refractivity contribution in [3.63, 3.8) is 0 Å². The van der Waals surface area contributed by atoms with Crippen molar-refractivity contribution >= 4 is 11.6 Å². The Kier molecular flexibility index (Phi) is 5.63. The highest BCUT2D eigenvalue weighted by Gasteiger charge is 2.10. The minimum absolute atomic E-state index is 0.109. The van der Waals surface area contributed by atoms with Gasteiger partial charge in [0.15, 0.2) is 0 Å². The van der Waals surface area contributed by atoms with Gasteiger partial charge >= 0.3 is 0 Å². The zero-order valence-corrected chi connectivity index (χ0v) is 14.8. The summed E-state index contributed by atoms with van der Waals surface area (Å²) in [6.45, 7) is 3.94. The van der Waals surface area contributed by atoms with Gasteiger partial charge < -0.3 is 14.5 Å². The van der Waals surface area contributed by atoms with Crippen LogP contribution in [-0.2, 0) is 11.2 Å². The number of carbonyl (C=O) groups excluding carboxylic acids is 1. The fourth-order valence-corrected chi connectivity index (χ4v) is 2.38. The predicted molar refractivity (Wildman–Crippen MR) is 98.9 cm³/mol. The summed E-state index contributed by atoms with van der Waals surface area (Å²) < 4.78 is 11.2. The lowest BCUT2D eigenvalue weighted by atomic mass is 10.2. The molecule has 1 heterocycles. The van der Waals surface area contributed by atoms with Crippen molar-refractivity contribution in [2.45, 2.75) is 32.8 Å². The van der Waals surface area contributed by atoms with E-state index in [4.69, 9.17) is 9.15 Å². The Balaban J connectivity index is 1.50. The SMILES string of the molecule is CC(C)Oc1ccc(NC(=O)CCc2nnc(-c3ccccc3)o2)cc1. The maximum atomic E-state index is 12.1. The number of rotatable bonds is 7. The molecular formula is C20H21N3O3. The van der Waals surface area contributed by atoms with E-state index in [1.165, 1.54) is 0 Å². The van der Waals surface area contributed by atoms with E-state index in [9.17, 15) is 4.79 Å². The van der Waals surface area contributed by atoms with Crippen LogP contribution in [0.2, 0.25) is 0 Å². The van der Waals surface area contributed by atoms with Crippen LogP contribution in [0.3, 0.4) is 0 Å². The second-order valence-corrected chi connectivity index (χ2v) is 6.11. The molecule has 1 aromatic heterocycles. The number of benzene rings is 2. The molecule has 0 spiro atoms. The van der Waals surface area contributed by atoms with Gasteiger partial charge in [0.2, 0.25) is 17.7 Å². The zero-order chi connectivity index (χ0) is 18.4. The number of hydrogen-bond acceptors (Lipinski definition) is 5. The molecule has 0 aliphatic heterocycles. The van der Waals surface area contributed by atoms with Crippen LogP contribution in [-0.4, -0.2) is 22.2 Å². The van der Waals surface area contributed by atoms with Gasteiger partial charge in [-0.1, -0.05) is 18.2 Å². The van der Waals surface area contributed by atoms with Gasteiger partial charge in [-0.05, 0) is 50.2 Å². The average molecular weight is 351 g/mol. The molecule has 26 heavy (non-hydrogen) atoms. The van der Waals surface area contributed by atoms with Crippen molar-refractivity contribution in [1.82, 2.24) is 10.2 Å². The molecule has 3 rings (SSSR count). The minimum Gasteiger partial charge on any atom is -0.491 e. The van der Waals surface area contributed by atoms with Crippen LogP contribution in [0, 0.1) is 0 Å². The summed E-state index contributed by atoms with van der Waals surface area (Å²) >= 11 is 0. The van der Waals surface area contributed by atoms with E-state index in [2.05, 4.69) is 15.5 Å². The number of carbonyl (C=O) groups is 1. The lowest BCUT2D eigenvalue weighted by Gasteiger charge is -2.10. The summed E-state index contributed by atoms with van der Waals surface area (Å²) in [6.07, 6.45) is 0.770. The number of aryl methyl sites for hydroxylation is 1. The second-order valence-electron chi connectivity index (χ2n) is 6.11. The third-order valence-electron chi connectivity index (χ3n) is 3.56. The predicted octanol–water partition coefficient (Wildman–Crippen LogP) is 4.10. The summed E-state index contributed by atoms with van der Waals surface area (Å²) in [5.41, 5.74) is 1.58. The Hall–Kier alpha value is -3.15. The molecule has 0 unspecified atom stereocenters. The average Bonchev–Trinajstić information content (AvgIpc) is 3.11. The van der Waals surface area contributed by atoms with Crippen LogP contribution >= 0.6 is 0 Å². The van der Waals surface area contributed by atoms with Crippen molar-refractivity contribution in [3.05, 3.63) is 60.5 Å². The van der Waals surface area contributed by atoms with Gasteiger partial charge in [0.05, 0.1) is 6.10 Å². The second kappa shape index (κ2) is 8.29. The molecule has 0 bridgehead atoms. The fraction of sp³-hybridized carbons (Fsp3) is 0.250. The highest BCUT2D eigenvalue weighted by atomic mass is 16.5. The number of aromatic nitrogens is 2. The molecule has 0 aliphatic rings. The maximum Gasteiger partial charge on any atom is 0.247 e. The van der Waals surface area contributed by atoms with E-state index in [1.807, 2.05) is 68.4 Å². The van der Waals surface area contributed by atoms with Crippen LogP contribution in [0.1, 0.15) is 26.2 Å². The number of hydrogen-bond donors (Lipinski definition) is 1. The fourth-order valence-electron chi connectivity index (χ4n) is 2.38. The molecule has 1 amide bonds. The lowest BCUT2D eigenvalue weighted by molar-refractivity contribution is -0.116. The van der Waals surface area contributed by atoms with Crippen LogP contribution in [0.4, 0.5) is 5.69 Å². The minimum atomic E-state index is -0.109. The first kappa shape index (κ1) is 17.7. The Morgan fingerprint density at radius 1 is 1.08 bits per heavy atom. The number of anilines is 1. The number of nitrogens with one attached hydrogen (secondary N) is 1. The van der Waals surface area contributed by atoms with Crippen molar-refractivity contribution < 1.29 is 13.9 Å². The molecule has 0 atom stereocenters. The molecular weight excluding hydrogens is 330 g/mol. The third-order valence-corrected chi connectivity index (χ3v) is 3.56. The highest BCUT2D eigenvalue weighted by Crippen LogP contribution is 2.19. The quantitative estimate of drug-likeness (QED) is 0.693. The van der Waals surface area contributed by atoms with Gasteiger partial charge in [0.1, 0.15) is 5.75 Å².